The fourth-order valence-corrected chi connectivity index (χ4v) is 9.57. The molecule has 0 bridgehead atoms. The van der Waals surface area contributed by atoms with Crippen LogP contribution in [-0.2, 0) is 44.7 Å². The van der Waals surface area contributed by atoms with Crippen LogP contribution in [0.1, 0.15) is 99.8 Å². The Morgan fingerprint density at radius 3 is 0.841 bits per heavy atom. The number of carbonyl (C=O) groups excluding carboxylic acids is 6. The first-order chi connectivity index (χ1) is 39.7. The number of nitrogens with one attached hydrogen (secondary N) is 4. The number of benzene rings is 8. The number of anilines is 8. The number of ketones is 4. The van der Waals surface area contributed by atoms with Gasteiger partial charge in [-0.2, -0.15) is 0 Å². The minimum atomic E-state index is -0.417. The van der Waals surface area contributed by atoms with Crippen molar-refractivity contribution in [3.8, 4) is 0 Å². The molecular weight excluding hydrogens is 1030 g/mol. The number of esters is 2. The molecule has 6 N–H and O–H groups in total. The van der Waals surface area contributed by atoms with Gasteiger partial charge in [-0.3, -0.25) is 19.2 Å². The van der Waals surface area contributed by atoms with Crippen molar-refractivity contribution in [2.24, 2.45) is 0 Å². The smallest absolute Gasteiger partial charge is 0.333 e. The van der Waals surface area contributed by atoms with Crippen molar-refractivity contribution in [2.45, 2.75) is 39.5 Å². The second-order valence-electron chi connectivity index (χ2n) is 19.8. The Bertz CT molecular complexity index is 3530. The summed E-state index contributed by atoms with van der Waals surface area (Å²) >= 11 is 0. The summed E-state index contributed by atoms with van der Waals surface area (Å²) in [7, 11) is 0. The van der Waals surface area contributed by atoms with Crippen molar-refractivity contribution >= 4 is 80.6 Å². The number of hydrogen-bond donors (Lipinski definition) is 6. The molecule has 14 nitrogen and oxygen atoms in total. The van der Waals surface area contributed by atoms with Crippen LogP contribution < -0.4 is 21.3 Å². The van der Waals surface area contributed by atoms with E-state index in [-0.39, 0.29) is 49.6 Å². The number of rotatable bonds is 20. The SMILES string of the molecule is C=C(C)C(=O)OCCc1ccc(Nc2cccc3c2C(=O)c2c(Nc4ccc(CCOC(=O)C(=C)C)cc4)cccc2C3=O)cc1.O=C1c2cccc(Nc3ccc(CCO)cc3)c2C(=O)c2c(Nc3ccc(CCO)cc3)cccc21. The van der Waals surface area contributed by atoms with Gasteiger partial charge in [0.15, 0.2) is 23.1 Å². The summed E-state index contributed by atoms with van der Waals surface area (Å²) in [6, 6.07) is 51.3. The van der Waals surface area contributed by atoms with Crippen molar-refractivity contribution in [2.75, 3.05) is 47.7 Å². The number of aliphatic hydroxyl groups is 2. The second-order valence-corrected chi connectivity index (χ2v) is 19.8. The molecule has 0 aromatic heterocycles. The first-order valence-corrected chi connectivity index (χ1v) is 26.7. The third-order valence-electron chi connectivity index (χ3n) is 13.8. The summed E-state index contributed by atoms with van der Waals surface area (Å²) in [6.07, 6.45) is 2.25. The van der Waals surface area contributed by atoms with E-state index in [1.54, 1.807) is 86.6 Å². The summed E-state index contributed by atoms with van der Waals surface area (Å²) in [4.78, 5) is 78.3. The Hall–Kier alpha value is -10.0. The number of fused-ring (bicyclic) bond motifs is 4. The van der Waals surface area contributed by atoms with E-state index in [9.17, 15) is 28.8 Å². The van der Waals surface area contributed by atoms with Crippen molar-refractivity contribution in [1.29, 1.82) is 0 Å². The van der Waals surface area contributed by atoms with Crippen LogP contribution in [0.3, 0.4) is 0 Å². The minimum Gasteiger partial charge on any atom is -0.462 e. The predicted octanol–water partition coefficient (Wildman–Crippen LogP) is 12.3. The van der Waals surface area contributed by atoms with E-state index in [0.717, 1.165) is 45.0 Å². The zero-order chi connectivity index (χ0) is 57.9. The van der Waals surface area contributed by atoms with E-state index in [0.29, 0.717) is 104 Å². The molecule has 0 radical (unpaired) electrons. The Morgan fingerprint density at radius 1 is 0.366 bits per heavy atom. The fraction of sp³-hybridized carbons (Fsp3) is 0.147. The summed E-state index contributed by atoms with van der Waals surface area (Å²) in [5.41, 5.74) is 12.7. The highest BCUT2D eigenvalue weighted by Gasteiger charge is 2.35. The van der Waals surface area contributed by atoms with Crippen molar-refractivity contribution in [3.05, 3.63) is 261 Å². The van der Waals surface area contributed by atoms with E-state index in [1.807, 2.05) is 97.1 Å². The highest BCUT2D eigenvalue weighted by atomic mass is 16.5. The van der Waals surface area contributed by atoms with Gasteiger partial charge < -0.3 is 41.0 Å². The van der Waals surface area contributed by atoms with Gasteiger partial charge in [-0.05, 0) is 122 Å². The first-order valence-electron chi connectivity index (χ1n) is 26.7. The maximum atomic E-state index is 14.1. The van der Waals surface area contributed by atoms with Gasteiger partial charge in [0.05, 0.1) is 58.2 Å². The molecule has 82 heavy (non-hydrogen) atoms. The fourth-order valence-electron chi connectivity index (χ4n) is 9.57. The average Bonchev–Trinajstić information content (AvgIpc) is 3.53. The van der Waals surface area contributed by atoms with Crippen LogP contribution in [0.2, 0.25) is 0 Å². The molecule has 0 saturated carbocycles. The van der Waals surface area contributed by atoms with Gasteiger partial charge >= 0.3 is 11.9 Å². The number of aliphatic hydroxyl groups excluding tert-OH is 2. The van der Waals surface area contributed by atoms with E-state index in [1.165, 1.54) is 0 Å². The normalized spacial score (nSPS) is 11.9. The Balaban J connectivity index is 0.000000203. The number of ether oxygens (including phenoxy) is 2. The summed E-state index contributed by atoms with van der Waals surface area (Å²) in [5, 5.41) is 31.5. The highest BCUT2D eigenvalue weighted by Crippen LogP contribution is 2.39. The molecular formula is C68H60N4O10. The predicted molar refractivity (Wildman–Crippen MR) is 319 cm³/mol. The molecule has 0 saturated heterocycles. The molecule has 14 heteroatoms. The first kappa shape index (κ1) is 56.7. The minimum absolute atomic E-state index is 0.0815. The quantitative estimate of drug-likeness (QED) is 0.0310. The lowest BCUT2D eigenvalue weighted by Gasteiger charge is -2.23. The molecule has 0 spiro atoms. The Labute approximate surface area is 475 Å². The molecule has 10 rings (SSSR count). The topological polar surface area (TPSA) is 209 Å². The number of hydrogen-bond acceptors (Lipinski definition) is 14. The van der Waals surface area contributed by atoms with E-state index in [2.05, 4.69) is 34.4 Å². The van der Waals surface area contributed by atoms with E-state index < -0.39 is 11.9 Å². The lowest BCUT2D eigenvalue weighted by Crippen LogP contribution is -2.23. The van der Waals surface area contributed by atoms with Crippen molar-refractivity contribution in [1.82, 2.24) is 0 Å². The van der Waals surface area contributed by atoms with Crippen LogP contribution in [0, 0.1) is 0 Å². The van der Waals surface area contributed by atoms with Crippen LogP contribution in [0.25, 0.3) is 0 Å². The standard InChI is InChI=1S/C38H34N2O6.C30H26N2O4/c1-23(2)37(43)45-21-19-25-11-15-27(16-12-25)39-31-9-5-7-29-33(31)36(42)34-30(35(29)41)8-6-10-32(34)40-28-17-13-26(14-18-28)20-22-46-38(44)24(3)4;33-17-15-19-7-11-21(12-8-19)31-25-5-1-3-23-27(25)30(36)28-24(29(23)35)4-2-6-26(28)32-22-13-9-20(10-14-22)16-18-34/h5-18,39-40H,1,3,19-22H2,2,4H3;1-14,31-34H,15-18H2. The second kappa shape index (κ2) is 25.8. The van der Waals surface area contributed by atoms with Crippen LogP contribution in [0.15, 0.2) is 194 Å². The third-order valence-corrected chi connectivity index (χ3v) is 13.8. The molecule has 8 aromatic rings. The molecule has 2 aliphatic carbocycles. The van der Waals surface area contributed by atoms with Crippen LogP contribution in [0.4, 0.5) is 45.5 Å². The lowest BCUT2D eigenvalue weighted by molar-refractivity contribution is -0.139. The van der Waals surface area contributed by atoms with Gasteiger partial charge in [-0.15, -0.1) is 0 Å². The number of carbonyl (C=O) groups is 6. The maximum absolute atomic E-state index is 14.1. The van der Waals surface area contributed by atoms with Crippen LogP contribution in [0.5, 0.6) is 0 Å². The average molecular weight is 1090 g/mol. The summed E-state index contributed by atoms with van der Waals surface area (Å²) in [5.74, 6) is -1.73. The molecule has 0 amide bonds. The van der Waals surface area contributed by atoms with Gasteiger partial charge in [-0.25, -0.2) is 9.59 Å². The highest BCUT2D eigenvalue weighted by molar-refractivity contribution is 6.33. The van der Waals surface area contributed by atoms with E-state index in [4.69, 9.17) is 19.7 Å². The molecule has 0 atom stereocenters. The van der Waals surface area contributed by atoms with Gasteiger partial charge in [-0.1, -0.05) is 110 Å². The van der Waals surface area contributed by atoms with Gasteiger partial charge in [0.1, 0.15) is 0 Å². The molecule has 0 aliphatic heterocycles. The maximum Gasteiger partial charge on any atom is 0.333 e. The molecule has 0 heterocycles. The molecule has 0 unspecified atom stereocenters. The Morgan fingerprint density at radius 2 is 0.610 bits per heavy atom. The monoisotopic (exact) mass is 1090 g/mol. The zero-order valence-corrected chi connectivity index (χ0v) is 45.4. The Kier molecular flexibility index (Phi) is 17.9. The largest absolute Gasteiger partial charge is 0.462 e. The van der Waals surface area contributed by atoms with Gasteiger partial charge in [0, 0.05) is 82.2 Å². The molecule has 412 valence electrons. The summed E-state index contributed by atoms with van der Waals surface area (Å²) in [6.45, 7) is 11.0. The molecule has 0 fully saturated rings. The third kappa shape index (κ3) is 13.0. The van der Waals surface area contributed by atoms with Gasteiger partial charge in [0.25, 0.3) is 0 Å². The van der Waals surface area contributed by atoms with Crippen molar-refractivity contribution in [3.63, 3.8) is 0 Å². The zero-order valence-electron chi connectivity index (χ0n) is 45.4. The lowest BCUT2D eigenvalue weighted by atomic mass is 9.82. The van der Waals surface area contributed by atoms with Crippen molar-refractivity contribution < 1.29 is 48.5 Å². The van der Waals surface area contributed by atoms with E-state index >= 15 is 0 Å². The molecule has 8 aromatic carbocycles. The molecule has 2 aliphatic rings. The van der Waals surface area contributed by atoms with Crippen LogP contribution >= 0.6 is 0 Å². The van der Waals surface area contributed by atoms with Crippen LogP contribution in [-0.4, -0.2) is 71.7 Å². The summed E-state index contributed by atoms with van der Waals surface area (Å²) < 4.78 is 10.4. The van der Waals surface area contributed by atoms with Gasteiger partial charge in [0.2, 0.25) is 0 Å².